The van der Waals surface area contributed by atoms with Gasteiger partial charge in [0.05, 0.1) is 31.6 Å². The largest absolute Gasteiger partial charge is 0.496 e. The van der Waals surface area contributed by atoms with Gasteiger partial charge < -0.3 is 24.5 Å². The molecule has 0 spiro atoms. The van der Waals surface area contributed by atoms with Gasteiger partial charge in [0.1, 0.15) is 5.75 Å². The third kappa shape index (κ3) is 4.85. The van der Waals surface area contributed by atoms with Gasteiger partial charge >= 0.3 is 5.97 Å². The van der Waals surface area contributed by atoms with Crippen molar-refractivity contribution in [3.63, 3.8) is 0 Å². The van der Waals surface area contributed by atoms with Crippen LogP contribution in [0.2, 0.25) is 0 Å². The quantitative estimate of drug-likeness (QED) is 0.581. The number of amides is 2. The SMILES string of the molecule is COC(=O)c1cc(CNC(=O)c2ccccc2OC)cc(NC(=O)c2ccco2)c1. The summed E-state index contributed by atoms with van der Waals surface area (Å²) < 4.78 is 15.1. The molecular weight excluding hydrogens is 388 g/mol. The Kier molecular flexibility index (Phi) is 6.49. The Morgan fingerprint density at radius 1 is 0.967 bits per heavy atom. The first-order chi connectivity index (χ1) is 14.5. The molecule has 0 saturated carbocycles. The molecule has 0 saturated heterocycles. The van der Waals surface area contributed by atoms with Crippen LogP contribution in [0.5, 0.6) is 5.75 Å². The van der Waals surface area contributed by atoms with Gasteiger partial charge in [-0.25, -0.2) is 4.79 Å². The molecular formula is C22H20N2O6. The summed E-state index contributed by atoms with van der Waals surface area (Å²) in [6.45, 7) is 0.116. The number of hydrogen-bond donors (Lipinski definition) is 2. The predicted molar refractivity (Wildman–Crippen MR) is 109 cm³/mol. The first-order valence-corrected chi connectivity index (χ1v) is 9.00. The van der Waals surface area contributed by atoms with Gasteiger partial charge in [-0.2, -0.15) is 0 Å². The minimum Gasteiger partial charge on any atom is -0.496 e. The fourth-order valence-corrected chi connectivity index (χ4v) is 2.81. The van der Waals surface area contributed by atoms with E-state index in [1.165, 1.54) is 32.6 Å². The molecule has 2 aromatic carbocycles. The maximum absolute atomic E-state index is 12.5. The third-order valence-electron chi connectivity index (χ3n) is 4.22. The van der Waals surface area contributed by atoms with Crippen LogP contribution in [0.3, 0.4) is 0 Å². The van der Waals surface area contributed by atoms with E-state index in [2.05, 4.69) is 10.6 Å². The molecule has 154 valence electrons. The van der Waals surface area contributed by atoms with E-state index < -0.39 is 11.9 Å². The lowest BCUT2D eigenvalue weighted by Gasteiger charge is -2.12. The van der Waals surface area contributed by atoms with E-state index in [4.69, 9.17) is 13.9 Å². The molecule has 30 heavy (non-hydrogen) atoms. The van der Waals surface area contributed by atoms with E-state index >= 15 is 0 Å². The maximum atomic E-state index is 12.5. The summed E-state index contributed by atoms with van der Waals surface area (Å²) in [5.74, 6) is -0.793. The fourth-order valence-electron chi connectivity index (χ4n) is 2.81. The van der Waals surface area contributed by atoms with Gasteiger partial charge in [-0.1, -0.05) is 12.1 Å². The van der Waals surface area contributed by atoms with Crippen LogP contribution in [0.25, 0.3) is 0 Å². The third-order valence-corrected chi connectivity index (χ3v) is 4.22. The number of carbonyl (C=O) groups is 3. The van der Waals surface area contributed by atoms with Crippen molar-refractivity contribution in [1.82, 2.24) is 5.32 Å². The second kappa shape index (κ2) is 9.42. The number of rotatable bonds is 7. The molecule has 0 unspecified atom stereocenters. The lowest BCUT2D eigenvalue weighted by molar-refractivity contribution is 0.0600. The van der Waals surface area contributed by atoms with Crippen LogP contribution in [-0.4, -0.2) is 32.0 Å². The van der Waals surface area contributed by atoms with E-state index in [0.717, 1.165) is 0 Å². The summed E-state index contributed by atoms with van der Waals surface area (Å²) in [6.07, 6.45) is 1.39. The molecule has 0 aliphatic rings. The fraction of sp³-hybridized carbons (Fsp3) is 0.136. The highest BCUT2D eigenvalue weighted by Gasteiger charge is 2.15. The van der Waals surface area contributed by atoms with Gasteiger partial charge in [0, 0.05) is 12.2 Å². The molecule has 0 atom stereocenters. The van der Waals surface area contributed by atoms with Crippen LogP contribution in [0.15, 0.2) is 65.3 Å². The second-order valence-electron chi connectivity index (χ2n) is 6.22. The second-order valence-corrected chi connectivity index (χ2v) is 6.22. The minimum absolute atomic E-state index is 0.116. The van der Waals surface area contributed by atoms with Crippen molar-refractivity contribution in [3.8, 4) is 5.75 Å². The van der Waals surface area contributed by atoms with E-state index in [-0.39, 0.29) is 23.8 Å². The summed E-state index contributed by atoms with van der Waals surface area (Å²) in [6, 6.07) is 14.7. The van der Waals surface area contributed by atoms with Gasteiger partial charge in [-0.05, 0) is 48.0 Å². The number of methoxy groups -OCH3 is 2. The molecule has 2 N–H and O–H groups in total. The molecule has 0 aliphatic heterocycles. The molecule has 0 aliphatic carbocycles. The predicted octanol–water partition coefficient (Wildman–Crippen LogP) is 3.26. The van der Waals surface area contributed by atoms with Crippen molar-refractivity contribution in [2.24, 2.45) is 0 Å². The van der Waals surface area contributed by atoms with Crippen LogP contribution in [0.1, 0.15) is 36.8 Å². The smallest absolute Gasteiger partial charge is 0.337 e. The summed E-state index contributed by atoms with van der Waals surface area (Å²) in [4.78, 5) is 36.8. The van der Waals surface area contributed by atoms with Gasteiger partial charge in [0.25, 0.3) is 11.8 Å². The number of benzene rings is 2. The summed E-state index contributed by atoms with van der Waals surface area (Å²) in [5, 5.41) is 5.45. The average Bonchev–Trinajstić information content (AvgIpc) is 3.32. The van der Waals surface area contributed by atoms with E-state index in [9.17, 15) is 14.4 Å². The summed E-state index contributed by atoms with van der Waals surface area (Å²) in [5.41, 5.74) is 1.57. The maximum Gasteiger partial charge on any atom is 0.337 e. The lowest BCUT2D eigenvalue weighted by Crippen LogP contribution is -2.23. The number of para-hydroxylation sites is 1. The van der Waals surface area contributed by atoms with Crippen LogP contribution >= 0.6 is 0 Å². The number of furan rings is 1. The minimum atomic E-state index is -0.568. The van der Waals surface area contributed by atoms with Crippen LogP contribution in [0, 0.1) is 0 Å². The molecule has 8 nitrogen and oxygen atoms in total. The summed E-state index contributed by atoms with van der Waals surface area (Å²) in [7, 11) is 2.75. The van der Waals surface area contributed by atoms with Crippen LogP contribution in [0.4, 0.5) is 5.69 Å². The Labute approximate surface area is 172 Å². The van der Waals surface area contributed by atoms with Crippen molar-refractivity contribution in [2.45, 2.75) is 6.54 Å². The van der Waals surface area contributed by atoms with E-state index in [0.29, 0.717) is 22.6 Å². The highest BCUT2D eigenvalue weighted by molar-refractivity contribution is 6.03. The van der Waals surface area contributed by atoms with Crippen molar-refractivity contribution >= 4 is 23.5 Å². The van der Waals surface area contributed by atoms with Gasteiger partial charge in [-0.3, -0.25) is 9.59 Å². The molecule has 0 fully saturated rings. The Hall–Kier alpha value is -4.07. The van der Waals surface area contributed by atoms with Gasteiger partial charge in [0.2, 0.25) is 0 Å². The van der Waals surface area contributed by atoms with Crippen molar-refractivity contribution < 1.29 is 28.3 Å². The molecule has 0 bridgehead atoms. The Morgan fingerprint density at radius 3 is 2.47 bits per heavy atom. The standard InChI is InChI=1S/C22H20N2O6/c1-28-18-7-4-3-6-17(18)20(25)23-13-14-10-15(22(27)29-2)12-16(11-14)24-21(26)19-8-5-9-30-19/h3-12H,13H2,1-2H3,(H,23,25)(H,24,26). The Bertz CT molecular complexity index is 1060. The van der Waals surface area contributed by atoms with Crippen molar-refractivity contribution in [2.75, 3.05) is 19.5 Å². The number of ether oxygens (including phenoxy) is 2. The Balaban J connectivity index is 1.80. The molecule has 3 aromatic rings. The zero-order valence-electron chi connectivity index (χ0n) is 16.4. The van der Waals surface area contributed by atoms with Crippen molar-refractivity contribution in [3.05, 3.63) is 83.3 Å². The monoisotopic (exact) mass is 408 g/mol. The normalized spacial score (nSPS) is 10.2. The van der Waals surface area contributed by atoms with Gasteiger partial charge in [-0.15, -0.1) is 0 Å². The molecule has 1 heterocycles. The zero-order valence-corrected chi connectivity index (χ0v) is 16.4. The summed E-state index contributed by atoms with van der Waals surface area (Å²) >= 11 is 0. The van der Waals surface area contributed by atoms with E-state index in [1.807, 2.05) is 0 Å². The molecule has 1 aromatic heterocycles. The number of carbonyl (C=O) groups excluding carboxylic acids is 3. The topological polar surface area (TPSA) is 107 Å². The molecule has 8 heteroatoms. The van der Waals surface area contributed by atoms with Crippen molar-refractivity contribution in [1.29, 1.82) is 0 Å². The number of esters is 1. The molecule has 3 rings (SSSR count). The van der Waals surface area contributed by atoms with Gasteiger partial charge in [0.15, 0.2) is 5.76 Å². The highest BCUT2D eigenvalue weighted by Crippen LogP contribution is 2.19. The average molecular weight is 408 g/mol. The molecule has 0 radical (unpaired) electrons. The van der Waals surface area contributed by atoms with Crippen LogP contribution < -0.4 is 15.4 Å². The first-order valence-electron chi connectivity index (χ1n) is 9.00. The highest BCUT2D eigenvalue weighted by atomic mass is 16.5. The Morgan fingerprint density at radius 2 is 1.77 bits per heavy atom. The number of anilines is 1. The van der Waals surface area contributed by atoms with Crippen LogP contribution in [-0.2, 0) is 11.3 Å². The lowest BCUT2D eigenvalue weighted by atomic mass is 10.1. The zero-order chi connectivity index (χ0) is 21.5. The number of nitrogens with one attached hydrogen (secondary N) is 2. The molecule has 2 amide bonds. The first kappa shape index (κ1) is 20.7. The van der Waals surface area contributed by atoms with E-state index in [1.54, 1.807) is 42.5 Å². The number of hydrogen-bond acceptors (Lipinski definition) is 6.